The maximum Gasteiger partial charge on any atom is 0.309 e. The van der Waals surface area contributed by atoms with Crippen LogP contribution in [0.2, 0.25) is 0 Å². The zero-order valence-electron chi connectivity index (χ0n) is 10.8. The number of rotatable bonds is 3. The van der Waals surface area contributed by atoms with Crippen molar-refractivity contribution in [3.05, 3.63) is 41.2 Å². The predicted octanol–water partition coefficient (Wildman–Crippen LogP) is 2.33. The van der Waals surface area contributed by atoms with E-state index in [2.05, 4.69) is 5.10 Å². The molecule has 0 fully saturated rings. The van der Waals surface area contributed by atoms with E-state index < -0.39 is 5.97 Å². The smallest absolute Gasteiger partial charge is 0.309 e. The fraction of sp³-hybridized carbons (Fsp3) is 0.286. The average Bonchev–Trinajstić information content (AvgIpc) is 2.55. The van der Waals surface area contributed by atoms with E-state index in [9.17, 15) is 4.79 Å². The van der Waals surface area contributed by atoms with Crippen LogP contribution in [-0.4, -0.2) is 20.9 Å². The molecule has 0 amide bonds. The molecular weight excluding hydrogens is 228 g/mol. The molecule has 1 aromatic carbocycles. The molecule has 18 heavy (non-hydrogen) atoms. The highest BCUT2D eigenvalue weighted by molar-refractivity contribution is 5.76. The van der Waals surface area contributed by atoms with Crippen LogP contribution in [-0.2, 0) is 18.3 Å². The molecule has 0 saturated heterocycles. The minimum Gasteiger partial charge on any atom is -0.481 e. The first kappa shape index (κ1) is 12.4. The molecule has 0 radical (unpaired) electrons. The highest BCUT2D eigenvalue weighted by Gasteiger charge is 2.16. The van der Waals surface area contributed by atoms with Gasteiger partial charge in [0.1, 0.15) is 0 Å². The summed E-state index contributed by atoms with van der Waals surface area (Å²) in [4.78, 5) is 10.9. The van der Waals surface area contributed by atoms with E-state index in [1.54, 1.807) is 4.68 Å². The lowest BCUT2D eigenvalue weighted by Crippen LogP contribution is -2.02. The Labute approximate surface area is 106 Å². The lowest BCUT2D eigenvalue weighted by Gasteiger charge is -2.04. The van der Waals surface area contributed by atoms with Gasteiger partial charge in [0, 0.05) is 18.3 Å². The molecule has 0 unspecified atom stereocenters. The number of hydrogen-bond donors (Lipinski definition) is 1. The molecule has 1 heterocycles. The summed E-state index contributed by atoms with van der Waals surface area (Å²) in [6, 6.07) is 8.05. The van der Waals surface area contributed by atoms with E-state index in [1.807, 2.05) is 45.2 Å². The minimum atomic E-state index is -0.860. The van der Waals surface area contributed by atoms with Crippen LogP contribution in [0.4, 0.5) is 0 Å². The van der Waals surface area contributed by atoms with Crippen LogP contribution in [0.5, 0.6) is 0 Å². The first-order valence-electron chi connectivity index (χ1n) is 5.80. The third-order valence-electron chi connectivity index (χ3n) is 3.07. The summed E-state index contributed by atoms with van der Waals surface area (Å²) in [6.07, 6.45) is -0.0507. The topological polar surface area (TPSA) is 55.1 Å². The van der Waals surface area contributed by atoms with Gasteiger partial charge in [-0.15, -0.1) is 0 Å². The zero-order valence-corrected chi connectivity index (χ0v) is 10.8. The lowest BCUT2D eigenvalue weighted by molar-refractivity contribution is -0.136. The van der Waals surface area contributed by atoms with Crippen LogP contribution in [0.1, 0.15) is 17.0 Å². The Morgan fingerprint density at radius 2 is 1.89 bits per heavy atom. The quantitative estimate of drug-likeness (QED) is 0.901. The summed E-state index contributed by atoms with van der Waals surface area (Å²) in [5, 5.41) is 13.2. The molecule has 0 saturated carbocycles. The van der Waals surface area contributed by atoms with E-state index in [4.69, 9.17) is 5.11 Å². The number of aliphatic carboxylic acids is 1. The first-order chi connectivity index (χ1) is 8.49. The number of carbonyl (C=O) groups is 1. The van der Waals surface area contributed by atoms with Gasteiger partial charge in [-0.25, -0.2) is 0 Å². The number of nitrogens with zero attached hydrogens (tertiary/aromatic N) is 2. The largest absolute Gasteiger partial charge is 0.481 e. The summed E-state index contributed by atoms with van der Waals surface area (Å²) in [6.45, 7) is 3.98. The highest BCUT2D eigenvalue weighted by Crippen LogP contribution is 2.27. The van der Waals surface area contributed by atoms with Gasteiger partial charge in [0.05, 0.1) is 12.1 Å². The summed E-state index contributed by atoms with van der Waals surface area (Å²) in [7, 11) is 1.83. The van der Waals surface area contributed by atoms with Crippen LogP contribution in [0.25, 0.3) is 11.1 Å². The molecule has 0 aliphatic heterocycles. The molecule has 1 N–H and O–H groups in total. The monoisotopic (exact) mass is 244 g/mol. The van der Waals surface area contributed by atoms with Crippen LogP contribution in [0.15, 0.2) is 24.3 Å². The van der Waals surface area contributed by atoms with E-state index in [0.29, 0.717) is 5.69 Å². The number of carboxylic acid groups (broad SMARTS) is 1. The second-order valence-electron chi connectivity index (χ2n) is 4.47. The molecule has 4 nitrogen and oxygen atoms in total. The molecule has 0 aliphatic carbocycles. The summed E-state index contributed by atoms with van der Waals surface area (Å²) >= 11 is 0. The fourth-order valence-corrected chi connectivity index (χ4v) is 2.04. The van der Waals surface area contributed by atoms with Gasteiger partial charge in [-0.1, -0.05) is 29.8 Å². The number of aryl methyl sites for hydroxylation is 2. The maximum absolute atomic E-state index is 10.9. The molecule has 2 aromatic rings. The molecule has 1 aromatic heterocycles. The van der Waals surface area contributed by atoms with Crippen LogP contribution in [0.3, 0.4) is 0 Å². The van der Waals surface area contributed by atoms with Gasteiger partial charge in [0.2, 0.25) is 0 Å². The number of carboxylic acids is 1. The fourth-order valence-electron chi connectivity index (χ4n) is 2.04. The Balaban J connectivity index is 2.54. The first-order valence-corrected chi connectivity index (χ1v) is 5.80. The Bertz CT molecular complexity index is 583. The lowest BCUT2D eigenvalue weighted by atomic mass is 10.0. The molecule has 2 rings (SSSR count). The second kappa shape index (κ2) is 4.64. The average molecular weight is 244 g/mol. The SMILES string of the molecule is Cc1ccc(-c2c(CC(=O)O)nn(C)c2C)cc1. The third-order valence-corrected chi connectivity index (χ3v) is 3.07. The maximum atomic E-state index is 10.9. The van der Waals surface area contributed by atoms with Crippen molar-refractivity contribution >= 4 is 5.97 Å². The van der Waals surface area contributed by atoms with Gasteiger partial charge in [-0.2, -0.15) is 5.10 Å². The van der Waals surface area contributed by atoms with E-state index in [-0.39, 0.29) is 6.42 Å². The van der Waals surface area contributed by atoms with Gasteiger partial charge in [-0.05, 0) is 19.4 Å². The Hall–Kier alpha value is -2.10. The molecule has 0 bridgehead atoms. The van der Waals surface area contributed by atoms with Gasteiger partial charge < -0.3 is 5.11 Å². The van der Waals surface area contributed by atoms with Gasteiger partial charge in [0.25, 0.3) is 0 Å². The minimum absolute atomic E-state index is 0.0507. The van der Waals surface area contributed by atoms with Crippen molar-refractivity contribution in [1.29, 1.82) is 0 Å². The van der Waals surface area contributed by atoms with E-state index in [1.165, 1.54) is 5.56 Å². The van der Waals surface area contributed by atoms with Gasteiger partial charge in [0.15, 0.2) is 0 Å². The van der Waals surface area contributed by atoms with Gasteiger partial charge in [-0.3, -0.25) is 9.48 Å². The second-order valence-corrected chi connectivity index (χ2v) is 4.47. The molecule has 0 atom stereocenters. The van der Waals surface area contributed by atoms with Crippen molar-refractivity contribution < 1.29 is 9.90 Å². The third kappa shape index (κ3) is 2.27. The normalized spacial score (nSPS) is 10.6. The number of aromatic nitrogens is 2. The summed E-state index contributed by atoms with van der Waals surface area (Å²) < 4.78 is 1.73. The van der Waals surface area contributed by atoms with Crippen LogP contribution >= 0.6 is 0 Å². The van der Waals surface area contributed by atoms with Crippen molar-refractivity contribution in [2.24, 2.45) is 7.05 Å². The number of hydrogen-bond acceptors (Lipinski definition) is 2. The molecule has 4 heteroatoms. The van der Waals surface area contributed by atoms with Crippen LogP contribution in [0, 0.1) is 13.8 Å². The molecule has 0 spiro atoms. The zero-order chi connectivity index (χ0) is 13.3. The standard InChI is InChI=1S/C14H16N2O2/c1-9-4-6-11(7-5-9)14-10(2)16(3)15-12(14)8-13(17)18/h4-7H,8H2,1-3H3,(H,17,18). The van der Waals surface area contributed by atoms with E-state index in [0.717, 1.165) is 16.8 Å². The molecule has 94 valence electrons. The molecule has 0 aliphatic rings. The highest BCUT2D eigenvalue weighted by atomic mass is 16.4. The van der Waals surface area contributed by atoms with E-state index >= 15 is 0 Å². The molecular formula is C14H16N2O2. The predicted molar refractivity (Wildman–Crippen MR) is 69.5 cm³/mol. The summed E-state index contributed by atoms with van der Waals surface area (Å²) in [5.41, 5.74) is 4.73. The van der Waals surface area contributed by atoms with Crippen molar-refractivity contribution in [1.82, 2.24) is 9.78 Å². The Morgan fingerprint density at radius 1 is 1.28 bits per heavy atom. The van der Waals surface area contributed by atoms with Crippen molar-refractivity contribution in [2.75, 3.05) is 0 Å². The summed E-state index contributed by atoms with van der Waals surface area (Å²) in [5.74, 6) is -0.860. The van der Waals surface area contributed by atoms with Crippen molar-refractivity contribution in [2.45, 2.75) is 20.3 Å². The van der Waals surface area contributed by atoms with Crippen molar-refractivity contribution in [3.8, 4) is 11.1 Å². The van der Waals surface area contributed by atoms with Crippen LogP contribution < -0.4 is 0 Å². The van der Waals surface area contributed by atoms with Crippen molar-refractivity contribution in [3.63, 3.8) is 0 Å². The number of benzene rings is 1. The Morgan fingerprint density at radius 3 is 2.44 bits per heavy atom. The van der Waals surface area contributed by atoms with Gasteiger partial charge >= 0.3 is 5.97 Å². The Kier molecular flexibility index (Phi) is 3.19.